The Kier molecular flexibility index (Phi) is 3.63. The summed E-state index contributed by atoms with van der Waals surface area (Å²) in [4.78, 5) is 4.19. The van der Waals surface area contributed by atoms with Gasteiger partial charge in [0.2, 0.25) is 0 Å². The third-order valence-corrected chi connectivity index (χ3v) is 3.23. The van der Waals surface area contributed by atoms with E-state index in [1.165, 1.54) is 11.3 Å². The Bertz CT molecular complexity index is 545. The molecule has 92 valence electrons. The lowest BCUT2D eigenvalue weighted by Crippen LogP contribution is -2.04. The fraction of sp³-hybridized carbons (Fsp3) is 0.286. The molecule has 0 saturated heterocycles. The summed E-state index contributed by atoms with van der Waals surface area (Å²) in [5.41, 5.74) is 2.63. The maximum atomic E-state index is 6.50. The van der Waals surface area contributed by atoms with Gasteiger partial charge in [0.05, 0.1) is 19.5 Å². The van der Waals surface area contributed by atoms with Crippen LogP contribution in [0.5, 0.6) is 5.75 Å². The van der Waals surface area contributed by atoms with Crippen LogP contribution in [0.25, 0.3) is 0 Å². The minimum atomic E-state index is 0.424. The van der Waals surface area contributed by atoms with Gasteiger partial charge in [0.15, 0.2) is 0 Å². The van der Waals surface area contributed by atoms with Crippen molar-refractivity contribution in [3.63, 3.8) is 0 Å². The predicted molar refractivity (Wildman–Crippen MR) is 68.4 cm³/mol. The lowest BCUT2D eigenvalue weighted by molar-refractivity contribution is 0.413. The second-order valence-corrected chi connectivity index (χ2v) is 4.12. The highest BCUT2D eigenvalue weighted by molar-refractivity contribution is 5.32. The third-order valence-electron chi connectivity index (χ3n) is 3.23. The molecule has 1 unspecified atom stereocenters. The summed E-state index contributed by atoms with van der Waals surface area (Å²) in [5.74, 6) is 0.922. The van der Waals surface area contributed by atoms with E-state index in [-0.39, 0.29) is 0 Å². The molecule has 2 heterocycles. The summed E-state index contributed by atoms with van der Waals surface area (Å²) in [5, 5.41) is 6.50. The van der Waals surface area contributed by atoms with Gasteiger partial charge < -0.3 is 9.30 Å². The van der Waals surface area contributed by atoms with Crippen molar-refractivity contribution >= 4 is 0 Å². The number of rotatable bonds is 2. The van der Waals surface area contributed by atoms with Crippen LogP contribution in [0.15, 0.2) is 36.8 Å². The molecule has 0 bridgehead atoms. The number of imidazole rings is 1. The molecule has 0 N–H and O–H groups in total. The molecule has 4 nitrogen and oxygen atoms in total. The molecule has 4 heteroatoms. The third kappa shape index (κ3) is 2.07. The highest BCUT2D eigenvalue weighted by Crippen LogP contribution is 2.32. The van der Waals surface area contributed by atoms with Gasteiger partial charge in [-0.3, -0.25) is 0 Å². The largest absolute Gasteiger partial charge is 0.497 e. The van der Waals surface area contributed by atoms with Gasteiger partial charge in [-0.2, -0.15) is 0 Å². The molecule has 1 aliphatic rings. The molecule has 0 amide bonds. The van der Waals surface area contributed by atoms with Crippen molar-refractivity contribution in [3.8, 4) is 12.3 Å². The van der Waals surface area contributed by atoms with Gasteiger partial charge in [-0.15, -0.1) is 0 Å². The minimum Gasteiger partial charge on any atom is -0.497 e. The average Bonchev–Trinajstić information content (AvgIpc) is 3.03. The van der Waals surface area contributed by atoms with Crippen LogP contribution in [-0.2, 0) is 6.42 Å². The highest BCUT2D eigenvalue weighted by atomic mass is 16.5. The first-order chi connectivity index (χ1) is 8.88. The quantitative estimate of drug-likeness (QED) is 0.812. The summed E-state index contributed by atoms with van der Waals surface area (Å²) < 4.78 is 7.52. The van der Waals surface area contributed by atoms with E-state index in [1.54, 1.807) is 7.11 Å². The Labute approximate surface area is 106 Å². The normalized spacial score (nSPS) is 16.5. The van der Waals surface area contributed by atoms with Crippen molar-refractivity contribution in [1.82, 2.24) is 9.55 Å². The van der Waals surface area contributed by atoms with E-state index < -0.39 is 0 Å². The number of aryl methyl sites for hydroxylation is 1. The minimum absolute atomic E-state index is 0.424. The Balaban J connectivity index is 0.000000574. The summed E-state index contributed by atoms with van der Waals surface area (Å²) in [6, 6.07) is 8.71. The topological polar surface area (TPSA) is 50.8 Å². The monoisotopic (exact) mass is 241 g/mol. The SMILES string of the molecule is C#N.COc1cccc(C2CCc3cncn32)c1. The Morgan fingerprint density at radius 2 is 2.28 bits per heavy atom. The lowest BCUT2D eigenvalue weighted by Gasteiger charge is -2.14. The van der Waals surface area contributed by atoms with E-state index in [1.807, 2.05) is 24.7 Å². The number of nitriles is 1. The van der Waals surface area contributed by atoms with Gasteiger partial charge in [0, 0.05) is 18.5 Å². The van der Waals surface area contributed by atoms with Crippen LogP contribution < -0.4 is 4.74 Å². The molecule has 3 rings (SSSR count). The van der Waals surface area contributed by atoms with Gasteiger partial charge in [0.1, 0.15) is 5.75 Å². The molecule has 1 aromatic carbocycles. The first-order valence-corrected chi connectivity index (χ1v) is 5.79. The summed E-state index contributed by atoms with van der Waals surface area (Å²) in [6.07, 6.45) is 6.15. The molecular formula is C14H15N3O. The maximum Gasteiger partial charge on any atom is 0.119 e. The maximum absolute atomic E-state index is 6.50. The zero-order chi connectivity index (χ0) is 13.0. The van der Waals surface area contributed by atoms with Crippen LogP contribution in [0.2, 0.25) is 0 Å². The van der Waals surface area contributed by atoms with E-state index in [4.69, 9.17) is 10.00 Å². The smallest absolute Gasteiger partial charge is 0.119 e. The van der Waals surface area contributed by atoms with E-state index >= 15 is 0 Å². The van der Waals surface area contributed by atoms with Gasteiger partial charge in [-0.1, -0.05) is 12.1 Å². The molecule has 0 fully saturated rings. The molecule has 1 aliphatic heterocycles. The van der Waals surface area contributed by atoms with E-state index in [2.05, 4.69) is 28.3 Å². The highest BCUT2D eigenvalue weighted by Gasteiger charge is 2.23. The van der Waals surface area contributed by atoms with Crippen LogP contribution >= 0.6 is 0 Å². The molecule has 1 aromatic heterocycles. The first-order valence-electron chi connectivity index (χ1n) is 5.79. The van der Waals surface area contributed by atoms with Crippen LogP contribution in [0.4, 0.5) is 0 Å². The number of benzene rings is 1. The lowest BCUT2D eigenvalue weighted by atomic mass is 10.0. The number of methoxy groups -OCH3 is 1. The first kappa shape index (κ1) is 12.2. The predicted octanol–water partition coefficient (Wildman–Crippen LogP) is 2.57. The summed E-state index contributed by atoms with van der Waals surface area (Å²) in [6.45, 7) is 3.50. The molecule has 0 spiro atoms. The van der Waals surface area contributed by atoms with Gasteiger partial charge in [-0.25, -0.2) is 10.2 Å². The second kappa shape index (κ2) is 5.37. The molecule has 18 heavy (non-hydrogen) atoms. The van der Waals surface area contributed by atoms with Crippen LogP contribution in [0.3, 0.4) is 0 Å². The van der Waals surface area contributed by atoms with Crippen molar-refractivity contribution in [2.24, 2.45) is 0 Å². The van der Waals surface area contributed by atoms with Gasteiger partial charge >= 0.3 is 0 Å². The average molecular weight is 241 g/mol. The fourth-order valence-electron chi connectivity index (χ4n) is 2.41. The number of ether oxygens (including phenoxy) is 1. The number of nitrogens with zero attached hydrogens (tertiary/aromatic N) is 3. The van der Waals surface area contributed by atoms with E-state index in [9.17, 15) is 0 Å². The van der Waals surface area contributed by atoms with Crippen LogP contribution in [0.1, 0.15) is 23.7 Å². The Morgan fingerprint density at radius 1 is 1.44 bits per heavy atom. The van der Waals surface area contributed by atoms with Crippen LogP contribution in [0, 0.1) is 11.8 Å². The summed E-state index contributed by atoms with van der Waals surface area (Å²) in [7, 11) is 1.70. The second-order valence-electron chi connectivity index (χ2n) is 4.12. The zero-order valence-electron chi connectivity index (χ0n) is 10.3. The molecular weight excluding hydrogens is 226 g/mol. The molecule has 2 aromatic rings. The molecule has 0 radical (unpaired) electrons. The van der Waals surface area contributed by atoms with Crippen molar-refractivity contribution in [3.05, 3.63) is 48.0 Å². The standard InChI is InChI=1S/C13H14N2O.CHN/c1-16-12-4-2-3-10(7-12)13-6-5-11-8-14-9-15(11)13;1-2/h2-4,7-9,13H,5-6H2,1H3;1H. The number of hydrogen-bond acceptors (Lipinski definition) is 3. The van der Waals surface area contributed by atoms with E-state index in [0.717, 1.165) is 18.6 Å². The molecule has 1 atom stereocenters. The van der Waals surface area contributed by atoms with Crippen molar-refractivity contribution < 1.29 is 4.74 Å². The fourth-order valence-corrected chi connectivity index (χ4v) is 2.41. The zero-order valence-corrected chi connectivity index (χ0v) is 10.3. The number of fused-ring (bicyclic) bond motifs is 1. The molecule has 0 aliphatic carbocycles. The van der Waals surface area contributed by atoms with Crippen LogP contribution in [-0.4, -0.2) is 16.7 Å². The van der Waals surface area contributed by atoms with Gasteiger partial charge in [-0.05, 0) is 30.5 Å². The number of hydrogen-bond donors (Lipinski definition) is 0. The Morgan fingerprint density at radius 3 is 3.06 bits per heavy atom. The van der Waals surface area contributed by atoms with Crippen molar-refractivity contribution in [1.29, 1.82) is 5.26 Å². The Hall–Kier alpha value is -2.28. The van der Waals surface area contributed by atoms with E-state index in [0.29, 0.717) is 6.04 Å². The van der Waals surface area contributed by atoms with Crippen molar-refractivity contribution in [2.45, 2.75) is 18.9 Å². The molecule has 0 saturated carbocycles. The van der Waals surface area contributed by atoms with Crippen molar-refractivity contribution in [2.75, 3.05) is 7.11 Å². The summed E-state index contributed by atoms with van der Waals surface area (Å²) >= 11 is 0. The number of aromatic nitrogens is 2. The van der Waals surface area contributed by atoms with Gasteiger partial charge in [0.25, 0.3) is 0 Å².